The number of nitrogens with zero attached hydrogens (tertiary/aromatic N) is 1. The molecular weight excluding hydrogens is 318 g/mol. The molecule has 0 atom stereocenters. The Morgan fingerprint density at radius 3 is 2.46 bits per heavy atom. The van der Waals surface area contributed by atoms with E-state index in [1.54, 1.807) is 6.92 Å². The van der Waals surface area contributed by atoms with Gasteiger partial charge in [-0.2, -0.15) is 0 Å². The second-order valence-corrected chi connectivity index (χ2v) is 8.29. The van der Waals surface area contributed by atoms with Crippen LogP contribution in [0.15, 0.2) is 29.2 Å². The second-order valence-electron chi connectivity index (χ2n) is 7.07. The van der Waals surface area contributed by atoms with Crippen LogP contribution in [0.25, 0.3) is 0 Å². The molecule has 1 saturated carbocycles. The molecule has 0 bridgehead atoms. The zero-order valence-corrected chi connectivity index (χ0v) is 15.9. The van der Waals surface area contributed by atoms with Gasteiger partial charge < -0.3 is 4.90 Å². The lowest BCUT2D eigenvalue weighted by molar-refractivity contribution is -0.123. The third kappa shape index (κ3) is 5.37. The Balaban J connectivity index is 2.28. The molecule has 0 radical (unpaired) electrons. The van der Waals surface area contributed by atoms with E-state index < -0.39 is 0 Å². The average molecular weight is 348 g/mol. The third-order valence-corrected chi connectivity index (χ3v) is 5.41. The van der Waals surface area contributed by atoms with Gasteiger partial charge in [0.05, 0.1) is 5.69 Å². The maximum absolute atomic E-state index is 13.2. The molecule has 3 nitrogen and oxygen atoms in total. The first-order valence-electron chi connectivity index (χ1n) is 9.08. The van der Waals surface area contributed by atoms with Crippen LogP contribution < -0.4 is 4.90 Å². The van der Waals surface area contributed by atoms with Crippen LogP contribution in [-0.4, -0.2) is 17.6 Å². The molecule has 0 saturated heterocycles. The summed E-state index contributed by atoms with van der Waals surface area (Å²) >= 11 is 1.22. The van der Waals surface area contributed by atoms with Gasteiger partial charge in [0.25, 0.3) is 0 Å². The molecule has 0 heterocycles. The van der Waals surface area contributed by atoms with Crippen molar-refractivity contribution in [2.75, 3.05) is 11.4 Å². The molecule has 1 aromatic rings. The number of amides is 1. The van der Waals surface area contributed by atoms with Crippen molar-refractivity contribution in [3.63, 3.8) is 0 Å². The summed E-state index contributed by atoms with van der Waals surface area (Å²) in [5.41, 5.74) is 0.897. The fourth-order valence-corrected chi connectivity index (χ4v) is 3.97. The van der Waals surface area contributed by atoms with Crippen molar-refractivity contribution in [2.45, 2.75) is 64.2 Å². The minimum atomic E-state index is 0.0522. The number of benzene rings is 1. The fraction of sp³-hybridized carbons (Fsp3) is 0.600. The van der Waals surface area contributed by atoms with Crippen LogP contribution in [-0.2, 0) is 9.59 Å². The lowest BCUT2D eigenvalue weighted by Crippen LogP contribution is -2.38. The summed E-state index contributed by atoms with van der Waals surface area (Å²) in [5, 5.41) is 0.0522. The van der Waals surface area contributed by atoms with Gasteiger partial charge in [-0.1, -0.05) is 57.0 Å². The van der Waals surface area contributed by atoms with Crippen molar-refractivity contribution in [2.24, 2.45) is 11.8 Å². The topological polar surface area (TPSA) is 37.4 Å². The van der Waals surface area contributed by atoms with Crippen LogP contribution in [0.3, 0.4) is 0 Å². The van der Waals surface area contributed by atoms with Gasteiger partial charge in [-0.05, 0) is 37.3 Å². The van der Waals surface area contributed by atoms with Gasteiger partial charge in [-0.3, -0.25) is 9.59 Å². The van der Waals surface area contributed by atoms with Gasteiger partial charge in [0, 0.05) is 24.3 Å². The molecule has 0 unspecified atom stereocenters. The summed E-state index contributed by atoms with van der Waals surface area (Å²) in [6.07, 6.45) is 6.51. The summed E-state index contributed by atoms with van der Waals surface area (Å²) in [7, 11) is 0. The number of para-hydroxylation sites is 1. The summed E-state index contributed by atoms with van der Waals surface area (Å²) < 4.78 is 0. The van der Waals surface area contributed by atoms with Crippen molar-refractivity contribution in [1.29, 1.82) is 0 Å². The van der Waals surface area contributed by atoms with E-state index in [-0.39, 0.29) is 16.9 Å². The molecule has 24 heavy (non-hydrogen) atoms. The Morgan fingerprint density at radius 2 is 1.83 bits per heavy atom. The minimum Gasteiger partial charge on any atom is -0.311 e. The van der Waals surface area contributed by atoms with Crippen molar-refractivity contribution in [1.82, 2.24) is 0 Å². The van der Waals surface area contributed by atoms with Crippen LogP contribution in [0.5, 0.6) is 0 Å². The van der Waals surface area contributed by atoms with Crippen LogP contribution in [0.2, 0.25) is 0 Å². The summed E-state index contributed by atoms with van der Waals surface area (Å²) in [4.78, 5) is 27.6. The Labute approximate surface area is 150 Å². The molecule has 1 amide bonds. The molecule has 1 aliphatic carbocycles. The lowest BCUT2D eigenvalue weighted by atomic mass is 9.88. The molecule has 132 valence electrons. The largest absolute Gasteiger partial charge is 0.311 e. The predicted molar refractivity (Wildman–Crippen MR) is 101 cm³/mol. The van der Waals surface area contributed by atoms with E-state index in [4.69, 9.17) is 0 Å². The monoisotopic (exact) mass is 347 g/mol. The Hall–Kier alpha value is -1.29. The minimum absolute atomic E-state index is 0.0522. The standard InChI is InChI=1S/C20H29NO2S/c1-15(2)13-14-21(20(23)17-9-5-4-6-10-17)18-11-7-8-12-19(18)24-16(3)22/h7-8,11-12,15,17H,4-6,9-10,13-14H2,1-3H3. The molecule has 0 spiro atoms. The van der Waals surface area contributed by atoms with E-state index in [0.717, 1.165) is 49.2 Å². The van der Waals surface area contributed by atoms with Crippen molar-refractivity contribution >= 4 is 28.5 Å². The predicted octanol–water partition coefficient (Wildman–Crippen LogP) is 5.28. The third-order valence-electron chi connectivity index (χ3n) is 4.56. The van der Waals surface area contributed by atoms with Crippen LogP contribution in [0.4, 0.5) is 5.69 Å². The summed E-state index contributed by atoms with van der Waals surface area (Å²) in [5.74, 6) is 0.924. The molecule has 1 aliphatic rings. The van der Waals surface area contributed by atoms with Gasteiger partial charge in [0.1, 0.15) is 0 Å². The molecule has 0 N–H and O–H groups in total. The summed E-state index contributed by atoms with van der Waals surface area (Å²) in [6.45, 7) is 6.66. The summed E-state index contributed by atoms with van der Waals surface area (Å²) in [6, 6.07) is 7.81. The van der Waals surface area contributed by atoms with E-state index in [0.29, 0.717) is 5.92 Å². The lowest BCUT2D eigenvalue weighted by Gasteiger charge is -2.31. The zero-order chi connectivity index (χ0) is 17.5. The van der Waals surface area contributed by atoms with E-state index in [2.05, 4.69) is 13.8 Å². The molecule has 1 aromatic carbocycles. The highest BCUT2D eigenvalue weighted by Crippen LogP contribution is 2.34. The van der Waals surface area contributed by atoms with Gasteiger partial charge in [0.15, 0.2) is 5.12 Å². The van der Waals surface area contributed by atoms with E-state index in [1.165, 1.54) is 18.2 Å². The molecule has 0 aliphatic heterocycles. The van der Waals surface area contributed by atoms with E-state index in [9.17, 15) is 9.59 Å². The number of carbonyl (C=O) groups is 2. The maximum atomic E-state index is 13.2. The Bertz CT molecular complexity index is 565. The van der Waals surface area contributed by atoms with Crippen LogP contribution in [0.1, 0.15) is 59.3 Å². The number of hydrogen-bond donors (Lipinski definition) is 0. The first kappa shape index (κ1) is 19.0. The van der Waals surface area contributed by atoms with Crippen molar-refractivity contribution in [3.05, 3.63) is 24.3 Å². The highest BCUT2D eigenvalue weighted by molar-refractivity contribution is 8.13. The number of anilines is 1. The SMILES string of the molecule is CC(=O)Sc1ccccc1N(CCC(C)C)C(=O)C1CCCCC1. The van der Waals surface area contributed by atoms with E-state index in [1.807, 2.05) is 29.2 Å². The molecule has 1 fully saturated rings. The van der Waals surface area contributed by atoms with Gasteiger partial charge >= 0.3 is 0 Å². The number of carbonyl (C=O) groups excluding carboxylic acids is 2. The molecular formula is C20H29NO2S. The molecule has 0 aromatic heterocycles. The number of rotatable bonds is 6. The molecule has 4 heteroatoms. The normalized spacial score (nSPS) is 15.5. The van der Waals surface area contributed by atoms with Crippen molar-refractivity contribution in [3.8, 4) is 0 Å². The smallest absolute Gasteiger partial charge is 0.230 e. The zero-order valence-electron chi connectivity index (χ0n) is 15.1. The van der Waals surface area contributed by atoms with Gasteiger partial charge in [-0.25, -0.2) is 0 Å². The number of thioether (sulfide) groups is 1. The first-order chi connectivity index (χ1) is 11.5. The van der Waals surface area contributed by atoms with Gasteiger partial charge in [0.2, 0.25) is 5.91 Å². The average Bonchev–Trinajstić information content (AvgIpc) is 2.56. The highest BCUT2D eigenvalue weighted by atomic mass is 32.2. The second kappa shape index (κ2) is 9.26. The Morgan fingerprint density at radius 1 is 1.17 bits per heavy atom. The van der Waals surface area contributed by atoms with Gasteiger partial charge in [-0.15, -0.1) is 0 Å². The Kier molecular flexibility index (Phi) is 7.35. The van der Waals surface area contributed by atoms with E-state index >= 15 is 0 Å². The fourth-order valence-electron chi connectivity index (χ4n) is 3.23. The van der Waals surface area contributed by atoms with Crippen molar-refractivity contribution < 1.29 is 9.59 Å². The number of hydrogen-bond acceptors (Lipinski definition) is 3. The first-order valence-corrected chi connectivity index (χ1v) is 9.89. The van der Waals surface area contributed by atoms with Crippen LogP contribution >= 0.6 is 11.8 Å². The highest BCUT2D eigenvalue weighted by Gasteiger charge is 2.28. The molecule has 2 rings (SSSR count). The maximum Gasteiger partial charge on any atom is 0.230 e. The quantitative estimate of drug-likeness (QED) is 0.657. The van der Waals surface area contributed by atoms with Crippen LogP contribution in [0, 0.1) is 11.8 Å².